The first-order valence-corrected chi connectivity index (χ1v) is 6.78. The van der Waals surface area contributed by atoms with Gasteiger partial charge in [0.05, 0.1) is 6.07 Å². The van der Waals surface area contributed by atoms with Crippen LogP contribution in [0.15, 0.2) is 36.4 Å². The predicted molar refractivity (Wildman–Crippen MR) is 80.0 cm³/mol. The van der Waals surface area contributed by atoms with E-state index in [1.54, 1.807) is 19.1 Å². The van der Waals surface area contributed by atoms with Crippen molar-refractivity contribution in [1.82, 2.24) is 0 Å². The van der Waals surface area contributed by atoms with E-state index in [4.69, 9.17) is 11.6 Å². The maximum absolute atomic E-state index is 13.9. The number of benzene rings is 2. The highest BCUT2D eigenvalue weighted by molar-refractivity contribution is 6.32. The van der Waals surface area contributed by atoms with Gasteiger partial charge in [-0.25, -0.2) is 4.39 Å². The molecule has 1 atom stereocenters. The molecule has 4 heteroatoms. The molecule has 0 heterocycles. The Bertz CT molecular complexity index is 729. The Balaban J connectivity index is 2.52. The SMILES string of the molecule is Cc1ccc(C(=O)C(C#N)c2c(F)cccc2Cl)c(C)c1. The minimum Gasteiger partial charge on any atom is -0.292 e. The number of ketones is 1. The average Bonchev–Trinajstić information content (AvgIpc) is 2.42. The van der Waals surface area contributed by atoms with E-state index in [9.17, 15) is 14.4 Å². The third-order valence-electron chi connectivity index (χ3n) is 3.33. The van der Waals surface area contributed by atoms with Crippen LogP contribution in [-0.4, -0.2) is 5.78 Å². The molecule has 2 aromatic carbocycles. The van der Waals surface area contributed by atoms with Crippen molar-refractivity contribution in [2.75, 3.05) is 0 Å². The number of hydrogen-bond donors (Lipinski definition) is 0. The molecule has 0 aliphatic rings. The topological polar surface area (TPSA) is 40.9 Å². The summed E-state index contributed by atoms with van der Waals surface area (Å²) in [7, 11) is 0. The van der Waals surface area contributed by atoms with Gasteiger partial charge in [-0.1, -0.05) is 41.4 Å². The summed E-state index contributed by atoms with van der Waals surface area (Å²) in [5.41, 5.74) is 2.12. The summed E-state index contributed by atoms with van der Waals surface area (Å²) in [6.07, 6.45) is 0. The van der Waals surface area contributed by atoms with Gasteiger partial charge in [0, 0.05) is 16.1 Å². The van der Waals surface area contributed by atoms with E-state index in [1.807, 2.05) is 19.1 Å². The third kappa shape index (κ3) is 2.96. The molecular weight excluding hydrogens is 289 g/mol. The molecule has 1 unspecified atom stereocenters. The summed E-state index contributed by atoms with van der Waals surface area (Å²) in [5, 5.41) is 9.39. The molecule has 21 heavy (non-hydrogen) atoms. The fourth-order valence-corrected chi connectivity index (χ4v) is 2.56. The number of hydrogen-bond acceptors (Lipinski definition) is 2. The Labute approximate surface area is 127 Å². The van der Waals surface area contributed by atoms with Crippen molar-refractivity contribution in [1.29, 1.82) is 5.26 Å². The molecule has 106 valence electrons. The summed E-state index contributed by atoms with van der Waals surface area (Å²) >= 11 is 5.96. The Kier molecular flexibility index (Phi) is 4.40. The van der Waals surface area contributed by atoms with Crippen molar-refractivity contribution < 1.29 is 9.18 Å². The monoisotopic (exact) mass is 301 g/mol. The van der Waals surface area contributed by atoms with E-state index in [1.165, 1.54) is 18.2 Å². The van der Waals surface area contributed by atoms with Crippen LogP contribution >= 0.6 is 11.6 Å². The summed E-state index contributed by atoms with van der Waals surface area (Å²) in [6, 6.07) is 11.3. The second-order valence-corrected chi connectivity index (χ2v) is 5.29. The standard InChI is InChI=1S/C17H13ClFNO/c1-10-6-7-12(11(2)8-10)17(21)13(9-20)16-14(18)4-3-5-15(16)19/h3-8,13H,1-2H3. The van der Waals surface area contributed by atoms with Crippen LogP contribution in [-0.2, 0) is 0 Å². The normalized spacial score (nSPS) is 11.8. The highest BCUT2D eigenvalue weighted by atomic mass is 35.5. The molecule has 0 radical (unpaired) electrons. The van der Waals surface area contributed by atoms with Crippen molar-refractivity contribution in [3.05, 3.63) is 69.5 Å². The second-order valence-electron chi connectivity index (χ2n) is 4.88. The van der Waals surface area contributed by atoms with Crippen LogP contribution in [0.5, 0.6) is 0 Å². The summed E-state index contributed by atoms with van der Waals surface area (Å²) < 4.78 is 13.9. The van der Waals surface area contributed by atoms with Gasteiger partial charge in [-0.3, -0.25) is 4.79 Å². The quantitative estimate of drug-likeness (QED) is 0.778. The summed E-state index contributed by atoms with van der Waals surface area (Å²) in [5.74, 6) is -2.34. The molecule has 0 spiro atoms. The Morgan fingerprint density at radius 3 is 2.57 bits per heavy atom. The van der Waals surface area contributed by atoms with Gasteiger partial charge < -0.3 is 0 Å². The van der Waals surface area contributed by atoms with Crippen molar-refractivity contribution in [3.63, 3.8) is 0 Å². The van der Waals surface area contributed by atoms with Crippen LogP contribution in [0.4, 0.5) is 4.39 Å². The maximum atomic E-state index is 13.9. The maximum Gasteiger partial charge on any atom is 0.184 e. The molecule has 0 N–H and O–H groups in total. The number of halogens is 2. The lowest BCUT2D eigenvalue weighted by Crippen LogP contribution is -2.14. The van der Waals surface area contributed by atoms with Crippen LogP contribution in [0.3, 0.4) is 0 Å². The number of Topliss-reactive ketones (excluding diaryl/α,β-unsaturated/α-hetero) is 1. The molecule has 0 saturated heterocycles. The van der Waals surface area contributed by atoms with Gasteiger partial charge in [0.25, 0.3) is 0 Å². The third-order valence-corrected chi connectivity index (χ3v) is 3.66. The Morgan fingerprint density at radius 1 is 1.29 bits per heavy atom. The molecule has 0 aliphatic carbocycles. The highest BCUT2D eigenvalue weighted by Gasteiger charge is 2.27. The van der Waals surface area contributed by atoms with Gasteiger partial charge in [0.15, 0.2) is 5.78 Å². The zero-order chi connectivity index (χ0) is 15.6. The highest BCUT2D eigenvalue weighted by Crippen LogP contribution is 2.30. The van der Waals surface area contributed by atoms with E-state index >= 15 is 0 Å². The molecule has 0 bridgehead atoms. The smallest absolute Gasteiger partial charge is 0.184 e. The molecule has 2 nitrogen and oxygen atoms in total. The first-order valence-electron chi connectivity index (χ1n) is 6.40. The van der Waals surface area contributed by atoms with Crippen molar-refractivity contribution >= 4 is 17.4 Å². The van der Waals surface area contributed by atoms with Crippen LogP contribution in [0.2, 0.25) is 5.02 Å². The molecule has 0 fully saturated rings. The Hall–Kier alpha value is -2.18. The minimum atomic E-state index is -1.25. The van der Waals surface area contributed by atoms with E-state index in [-0.39, 0.29) is 10.6 Å². The van der Waals surface area contributed by atoms with Gasteiger partial charge in [-0.15, -0.1) is 0 Å². The van der Waals surface area contributed by atoms with Crippen LogP contribution in [0.1, 0.15) is 33.0 Å². The van der Waals surface area contributed by atoms with Gasteiger partial charge in [-0.05, 0) is 31.5 Å². The predicted octanol–water partition coefficient (Wildman–Crippen LogP) is 4.59. The van der Waals surface area contributed by atoms with Gasteiger partial charge >= 0.3 is 0 Å². The molecule has 2 rings (SSSR count). The molecule has 2 aromatic rings. The van der Waals surface area contributed by atoms with E-state index in [2.05, 4.69) is 0 Å². The first-order chi connectivity index (χ1) is 9.95. The summed E-state index contributed by atoms with van der Waals surface area (Å²) in [6.45, 7) is 3.70. The van der Waals surface area contributed by atoms with E-state index in [0.29, 0.717) is 5.56 Å². The van der Waals surface area contributed by atoms with Crippen molar-refractivity contribution in [2.24, 2.45) is 0 Å². The molecule has 0 aromatic heterocycles. The fraction of sp³-hybridized carbons (Fsp3) is 0.176. The number of nitrogens with zero attached hydrogens (tertiary/aromatic N) is 1. The number of carbonyl (C=O) groups is 1. The average molecular weight is 302 g/mol. The van der Waals surface area contributed by atoms with Crippen molar-refractivity contribution in [3.8, 4) is 6.07 Å². The van der Waals surface area contributed by atoms with Crippen LogP contribution < -0.4 is 0 Å². The van der Waals surface area contributed by atoms with Crippen LogP contribution in [0.25, 0.3) is 0 Å². The number of nitriles is 1. The number of aryl methyl sites for hydroxylation is 2. The number of carbonyl (C=O) groups excluding carboxylic acids is 1. The molecule has 0 aliphatic heterocycles. The Morgan fingerprint density at radius 2 is 2.00 bits per heavy atom. The molecular formula is C17H13ClFNO. The van der Waals surface area contributed by atoms with Gasteiger partial charge in [0.2, 0.25) is 0 Å². The second kappa shape index (κ2) is 6.07. The van der Waals surface area contributed by atoms with Crippen LogP contribution in [0, 0.1) is 31.0 Å². The van der Waals surface area contributed by atoms with Gasteiger partial charge in [0.1, 0.15) is 11.7 Å². The fourth-order valence-electron chi connectivity index (χ4n) is 2.29. The minimum absolute atomic E-state index is 0.0633. The largest absolute Gasteiger partial charge is 0.292 e. The lowest BCUT2D eigenvalue weighted by molar-refractivity contribution is 0.0977. The molecule has 0 amide bonds. The zero-order valence-electron chi connectivity index (χ0n) is 11.7. The van der Waals surface area contributed by atoms with E-state index in [0.717, 1.165) is 11.1 Å². The lowest BCUT2D eigenvalue weighted by atomic mass is 9.89. The molecule has 0 saturated carbocycles. The van der Waals surface area contributed by atoms with Crippen molar-refractivity contribution in [2.45, 2.75) is 19.8 Å². The van der Waals surface area contributed by atoms with E-state index < -0.39 is 17.5 Å². The lowest BCUT2D eigenvalue weighted by Gasteiger charge is -2.13. The zero-order valence-corrected chi connectivity index (χ0v) is 12.4. The summed E-state index contributed by atoms with van der Waals surface area (Å²) in [4.78, 5) is 12.6. The first kappa shape index (κ1) is 15.2. The number of rotatable bonds is 3. The van der Waals surface area contributed by atoms with Gasteiger partial charge in [-0.2, -0.15) is 5.26 Å².